The number of hydrogen-bond donors (Lipinski definition) is 0. The maximum absolute atomic E-state index is 11.6. The molecule has 0 radical (unpaired) electrons. The lowest BCUT2D eigenvalue weighted by atomic mass is 9.82. The molecule has 0 atom stereocenters. The molecule has 1 spiro atoms. The summed E-state index contributed by atoms with van der Waals surface area (Å²) in [4.78, 5) is 2.49. The van der Waals surface area contributed by atoms with E-state index in [1.54, 1.807) is 0 Å². The van der Waals surface area contributed by atoms with Gasteiger partial charge in [0.15, 0.2) is 0 Å². The van der Waals surface area contributed by atoms with Crippen LogP contribution < -0.4 is 0 Å². The van der Waals surface area contributed by atoms with Crippen molar-refractivity contribution < 1.29 is 4.21 Å². The van der Waals surface area contributed by atoms with Crippen molar-refractivity contribution in [3.63, 3.8) is 0 Å². The molecule has 2 nitrogen and oxygen atoms in total. The third-order valence-corrected chi connectivity index (χ3v) is 5.37. The van der Waals surface area contributed by atoms with Crippen molar-refractivity contribution in [3.8, 4) is 0 Å². The maximum Gasteiger partial charge on any atom is 0.0445 e. The molecule has 0 aliphatic carbocycles. The van der Waals surface area contributed by atoms with Crippen LogP contribution in [-0.4, -0.2) is 44.1 Å². The molecule has 2 rings (SSSR count). The molecule has 2 saturated heterocycles. The van der Waals surface area contributed by atoms with E-state index < -0.39 is 9.52 Å². The second-order valence-corrected chi connectivity index (χ2v) is 8.06. The third-order valence-electron chi connectivity index (χ3n) is 3.25. The topological polar surface area (TPSA) is 20.3 Å². The second-order valence-electron chi connectivity index (χ2n) is 5.55. The van der Waals surface area contributed by atoms with E-state index in [4.69, 9.17) is 0 Å². The van der Waals surface area contributed by atoms with E-state index in [1.807, 2.05) is 0 Å². The lowest BCUT2D eigenvalue weighted by Gasteiger charge is -2.64. The fourth-order valence-corrected chi connectivity index (χ4v) is 5.30. The number of likely N-dealkylation sites (tertiary alicyclic amines) is 1. The van der Waals surface area contributed by atoms with Gasteiger partial charge in [-0.05, 0) is 42.6 Å². The predicted octanol–water partition coefficient (Wildman–Crippen LogP) is 0.959. The molecule has 0 aromatic rings. The summed E-state index contributed by atoms with van der Waals surface area (Å²) < 4.78 is 11.6. The first kappa shape index (κ1) is 9.53. The van der Waals surface area contributed by atoms with Gasteiger partial charge < -0.3 is 0 Å². The van der Waals surface area contributed by atoms with Gasteiger partial charge in [-0.25, -0.2) is 0 Å². The first-order valence-electron chi connectivity index (χ1n) is 4.86. The molecule has 76 valence electrons. The van der Waals surface area contributed by atoms with Crippen molar-refractivity contribution in [2.24, 2.45) is 0 Å². The Labute approximate surface area is 81.3 Å². The Morgan fingerprint density at radius 3 is 2.15 bits per heavy atom. The molecule has 3 heteroatoms. The van der Waals surface area contributed by atoms with Crippen LogP contribution >= 0.6 is 0 Å². The third kappa shape index (κ3) is 1.33. The summed E-state index contributed by atoms with van der Waals surface area (Å²) in [7, 11) is -1.68. The largest absolute Gasteiger partial charge is 0.291 e. The van der Waals surface area contributed by atoms with Gasteiger partial charge in [-0.3, -0.25) is 9.11 Å². The molecule has 0 N–H and O–H groups in total. The molecule has 0 amide bonds. The van der Waals surface area contributed by atoms with Crippen LogP contribution in [-0.2, 0) is 9.52 Å². The minimum absolute atomic E-state index is 0.230. The van der Waals surface area contributed by atoms with E-state index in [1.165, 1.54) is 13.0 Å². The summed E-state index contributed by atoms with van der Waals surface area (Å²) >= 11 is 0. The van der Waals surface area contributed by atoms with Gasteiger partial charge in [-0.1, -0.05) is 0 Å². The lowest BCUT2D eigenvalue weighted by Crippen LogP contribution is -2.76. The van der Waals surface area contributed by atoms with Gasteiger partial charge in [-0.15, -0.1) is 0 Å². The Morgan fingerprint density at radius 1 is 1.38 bits per heavy atom. The van der Waals surface area contributed by atoms with Crippen LogP contribution in [0.2, 0.25) is 0 Å². The molecule has 13 heavy (non-hydrogen) atoms. The molecule has 0 bridgehead atoms. The highest BCUT2D eigenvalue weighted by Gasteiger charge is 2.57. The Morgan fingerprint density at radius 2 is 1.92 bits per heavy atom. The van der Waals surface area contributed by atoms with Crippen molar-refractivity contribution >= 4 is 15.4 Å². The van der Waals surface area contributed by atoms with Gasteiger partial charge in [0.25, 0.3) is 0 Å². The van der Waals surface area contributed by atoms with Crippen molar-refractivity contribution in [2.45, 2.75) is 38.3 Å². The second kappa shape index (κ2) is 2.31. The molecular weight excluding hydrogens is 182 g/mol. The van der Waals surface area contributed by atoms with Crippen molar-refractivity contribution in [3.05, 3.63) is 0 Å². The van der Waals surface area contributed by atoms with E-state index in [9.17, 15) is 4.21 Å². The fraction of sp³-hybridized carbons (Fsp3) is 0.900. The summed E-state index contributed by atoms with van der Waals surface area (Å²) in [5.41, 5.74) is 0.505. The summed E-state index contributed by atoms with van der Waals surface area (Å²) in [6.45, 7) is 7.87. The highest BCUT2D eigenvalue weighted by molar-refractivity contribution is 8.01. The monoisotopic (exact) mass is 201 g/mol. The molecule has 0 saturated carbocycles. The van der Waals surface area contributed by atoms with Gasteiger partial charge in [0.05, 0.1) is 0 Å². The highest BCUT2D eigenvalue weighted by Crippen LogP contribution is 2.44. The molecule has 0 aromatic heterocycles. The van der Waals surface area contributed by atoms with Crippen molar-refractivity contribution in [1.29, 1.82) is 0 Å². The van der Waals surface area contributed by atoms with Crippen LogP contribution in [0.5, 0.6) is 0 Å². The van der Waals surface area contributed by atoms with Gasteiger partial charge >= 0.3 is 0 Å². The average molecular weight is 201 g/mol. The van der Waals surface area contributed by atoms with Gasteiger partial charge in [0.1, 0.15) is 0 Å². The molecule has 2 fully saturated rings. The van der Waals surface area contributed by atoms with Crippen LogP contribution in [0.4, 0.5) is 0 Å². The zero-order valence-corrected chi connectivity index (χ0v) is 9.62. The standard InChI is InChI=1S/C10H19NOS/c1-9(2,3)11-6-5-10(11)7-13(4,12)8-10/h4-8H2,1-3H3. The number of hydrogen-bond acceptors (Lipinski definition) is 2. The average Bonchev–Trinajstić information content (AvgIpc) is 1.74. The van der Waals surface area contributed by atoms with Crippen LogP contribution in [0.25, 0.3) is 0 Å². The maximum atomic E-state index is 11.6. The molecular formula is C10H19NOS. The van der Waals surface area contributed by atoms with E-state index in [0.717, 1.165) is 11.5 Å². The Kier molecular flexibility index (Phi) is 1.70. The normalized spacial score (nSPS) is 45.8. The summed E-state index contributed by atoms with van der Waals surface area (Å²) in [5, 5.41) is 0. The molecule has 2 heterocycles. The predicted molar refractivity (Wildman–Crippen MR) is 58.8 cm³/mol. The molecule has 2 aliphatic rings. The molecule has 0 aromatic carbocycles. The minimum Gasteiger partial charge on any atom is -0.291 e. The van der Waals surface area contributed by atoms with Gasteiger partial charge in [-0.2, -0.15) is 0 Å². The zero-order chi connectivity index (χ0) is 9.91. The zero-order valence-electron chi connectivity index (χ0n) is 8.80. The first-order valence-corrected chi connectivity index (χ1v) is 6.92. The summed E-state index contributed by atoms with van der Waals surface area (Å²) in [5.74, 6) is 5.43. The highest BCUT2D eigenvalue weighted by atomic mass is 32.2. The number of nitrogens with zero attached hydrogens (tertiary/aromatic N) is 1. The van der Waals surface area contributed by atoms with E-state index >= 15 is 0 Å². The minimum atomic E-state index is -1.68. The van der Waals surface area contributed by atoms with Crippen LogP contribution in [0.3, 0.4) is 0 Å². The van der Waals surface area contributed by atoms with Crippen molar-refractivity contribution in [2.75, 3.05) is 18.1 Å². The SMILES string of the molecule is C=S1(=O)CC2(CCN2C(C)(C)C)C1. The molecule has 0 unspecified atom stereocenters. The fourth-order valence-electron chi connectivity index (χ4n) is 2.82. The Balaban J connectivity index is 2.13. The lowest BCUT2D eigenvalue weighted by molar-refractivity contribution is -0.0598. The van der Waals surface area contributed by atoms with Crippen LogP contribution in [0.1, 0.15) is 27.2 Å². The van der Waals surface area contributed by atoms with Gasteiger partial charge in [0, 0.05) is 29.1 Å². The number of rotatable bonds is 0. The Bertz CT molecular complexity index is 311. The molecule has 2 aliphatic heterocycles. The van der Waals surface area contributed by atoms with E-state index in [-0.39, 0.29) is 11.1 Å². The smallest absolute Gasteiger partial charge is 0.0445 e. The van der Waals surface area contributed by atoms with E-state index in [0.29, 0.717) is 0 Å². The summed E-state index contributed by atoms with van der Waals surface area (Å²) in [6, 6.07) is 0. The van der Waals surface area contributed by atoms with Crippen LogP contribution in [0.15, 0.2) is 0 Å². The first-order chi connectivity index (χ1) is 5.75. The summed E-state index contributed by atoms with van der Waals surface area (Å²) in [6.07, 6.45) is 1.22. The quantitative estimate of drug-likeness (QED) is 0.544. The Hall–Kier alpha value is -0.0200. The van der Waals surface area contributed by atoms with Crippen molar-refractivity contribution in [1.82, 2.24) is 4.90 Å². The van der Waals surface area contributed by atoms with Gasteiger partial charge in [0.2, 0.25) is 0 Å². The van der Waals surface area contributed by atoms with E-state index in [2.05, 4.69) is 31.5 Å². The van der Waals surface area contributed by atoms with Crippen LogP contribution in [0, 0.1) is 0 Å².